The molecule has 0 radical (unpaired) electrons. The highest BCUT2D eigenvalue weighted by atomic mass is 32.1. The van der Waals surface area contributed by atoms with Gasteiger partial charge in [-0.25, -0.2) is 9.37 Å². The minimum atomic E-state index is -0.243. The Morgan fingerprint density at radius 2 is 1.95 bits per heavy atom. The van der Waals surface area contributed by atoms with Gasteiger partial charge in [0.05, 0.1) is 17.7 Å². The second-order valence-corrected chi connectivity index (χ2v) is 5.68. The maximum atomic E-state index is 12.9. The number of hydrogen-bond acceptors (Lipinski definition) is 4. The van der Waals surface area contributed by atoms with Gasteiger partial charge in [-0.15, -0.1) is 11.3 Å². The molecular formula is C16H15FN2OS. The molecular weight excluding hydrogens is 287 g/mol. The summed E-state index contributed by atoms with van der Waals surface area (Å²) in [7, 11) is 0. The Labute approximate surface area is 126 Å². The number of furan rings is 1. The minimum absolute atomic E-state index is 0.243. The summed E-state index contributed by atoms with van der Waals surface area (Å²) in [6.07, 6.45) is 0. The lowest BCUT2D eigenvalue weighted by molar-refractivity contribution is 0.494. The molecule has 0 atom stereocenters. The predicted octanol–water partition coefficient (Wildman–Crippen LogP) is 4.14. The van der Waals surface area contributed by atoms with Crippen LogP contribution in [-0.2, 0) is 13.1 Å². The van der Waals surface area contributed by atoms with Crippen LogP contribution in [0.15, 0.2) is 46.3 Å². The molecule has 0 bridgehead atoms. The van der Waals surface area contributed by atoms with Gasteiger partial charge in [-0.2, -0.15) is 0 Å². The third-order valence-corrected chi connectivity index (χ3v) is 4.16. The molecule has 21 heavy (non-hydrogen) atoms. The summed E-state index contributed by atoms with van der Waals surface area (Å²) in [4.78, 5) is 5.45. The largest absolute Gasteiger partial charge is 0.460 e. The molecule has 1 N–H and O–H groups in total. The van der Waals surface area contributed by atoms with E-state index in [0.717, 1.165) is 29.3 Å². The van der Waals surface area contributed by atoms with E-state index >= 15 is 0 Å². The van der Waals surface area contributed by atoms with Gasteiger partial charge in [0.1, 0.15) is 17.3 Å². The second-order valence-electron chi connectivity index (χ2n) is 4.74. The van der Waals surface area contributed by atoms with Crippen molar-refractivity contribution in [3.63, 3.8) is 0 Å². The molecule has 3 aromatic rings. The van der Waals surface area contributed by atoms with Crippen LogP contribution in [0.25, 0.3) is 11.3 Å². The van der Waals surface area contributed by atoms with Crippen molar-refractivity contribution in [3.05, 3.63) is 64.1 Å². The Bertz CT molecular complexity index is 718. The lowest BCUT2D eigenvalue weighted by atomic mass is 10.2. The summed E-state index contributed by atoms with van der Waals surface area (Å²) in [6.45, 7) is 3.44. The van der Waals surface area contributed by atoms with E-state index in [-0.39, 0.29) is 5.82 Å². The number of hydrogen-bond donors (Lipinski definition) is 1. The van der Waals surface area contributed by atoms with Crippen molar-refractivity contribution >= 4 is 11.3 Å². The van der Waals surface area contributed by atoms with E-state index in [4.69, 9.17) is 4.42 Å². The van der Waals surface area contributed by atoms with E-state index in [1.54, 1.807) is 23.5 Å². The smallest absolute Gasteiger partial charge is 0.134 e. The van der Waals surface area contributed by atoms with Crippen molar-refractivity contribution < 1.29 is 8.81 Å². The molecule has 2 aromatic heterocycles. The highest BCUT2D eigenvalue weighted by Crippen LogP contribution is 2.22. The van der Waals surface area contributed by atoms with E-state index in [2.05, 4.69) is 10.3 Å². The van der Waals surface area contributed by atoms with Gasteiger partial charge in [0.25, 0.3) is 0 Å². The zero-order valence-electron chi connectivity index (χ0n) is 11.6. The molecule has 0 amide bonds. The van der Waals surface area contributed by atoms with Gasteiger partial charge >= 0.3 is 0 Å². The summed E-state index contributed by atoms with van der Waals surface area (Å²) < 4.78 is 18.7. The molecule has 0 unspecified atom stereocenters. The molecule has 3 nitrogen and oxygen atoms in total. The number of aromatic nitrogens is 1. The molecule has 5 heteroatoms. The normalized spacial score (nSPS) is 11.0. The molecule has 1 aromatic carbocycles. The van der Waals surface area contributed by atoms with Gasteiger partial charge in [-0.3, -0.25) is 0 Å². The average molecular weight is 302 g/mol. The van der Waals surface area contributed by atoms with E-state index in [0.29, 0.717) is 6.54 Å². The number of aryl methyl sites for hydroxylation is 1. The molecule has 0 aliphatic carbocycles. The lowest BCUT2D eigenvalue weighted by Gasteiger charge is -2.01. The molecule has 0 spiro atoms. The van der Waals surface area contributed by atoms with Crippen LogP contribution in [0.3, 0.4) is 0 Å². The van der Waals surface area contributed by atoms with Gasteiger partial charge in [0.15, 0.2) is 0 Å². The summed E-state index contributed by atoms with van der Waals surface area (Å²) in [6, 6.07) is 10.1. The van der Waals surface area contributed by atoms with E-state index in [1.807, 2.05) is 24.6 Å². The molecule has 2 heterocycles. The van der Waals surface area contributed by atoms with Gasteiger partial charge in [-0.05, 0) is 43.3 Å². The minimum Gasteiger partial charge on any atom is -0.460 e. The first-order valence-electron chi connectivity index (χ1n) is 6.67. The summed E-state index contributed by atoms with van der Waals surface area (Å²) in [5, 5.41) is 3.34. The monoisotopic (exact) mass is 302 g/mol. The number of nitrogens with zero attached hydrogens (tertiary/aromatic N) is 1. The third kappa shape index (κ3) is 3.37. The molecule has 108 valence electrons. The highest BCUT2D eigenvalue weighted by molar-refractivity contribution is 7.09. The number of benzene rings is 1. The predicted molar refractivity (Wildman–Crippen MR) is 81.5 cm³/mol. The Hall–Kier alpha value is -1.98. The van der Waals surface area contributed by atoms with Crippen LogP contribution in [0.5, 0.6) is 0 Å². The van der Waals surface area contributed by atoms with Crippen molar-refractivity contribution in [1.82, 2.24) is 10.3 Å². The van der Waals surface area contributed by atoms with Crippen LogP contribution in [0.2, 0.25) is 0 Å². The van der Waals surface area contributed by atoms with Crippen LogP contribution in [0, 0.1) is 12.7 Å². The first kappa shape index (κ1) is 14.0. The Morgan fingerprint density at radius 1 is 1.14 bits per heavy atom. The second kappa shape index (κ2) is 6.20. The zero-order valence-corrected chi connectivity index (χ0v) is 12.4. The van der Waals surface area contributed by atoms with Crippen LogP contribution in [0.4, 0.5) is 4.39 Å². The first-order chi connectivity index (χ1) is 10.2. The molecule has 0 saturated heterocycles. The van der Waals surface area contributed by atoms with E-state index < -0.39 is 0 Å². The highest BCUT2D eigenvalue weighted by Gasteiger charge is 2.06. The Balaban J connectivity index is 1.60. The van der Waals surface area contributed by atoms with Gasteiger partial charge in [-0.1, -0.05) is 0 Å². The van der Waals surface area contributed by atoms with Crippen molar-refractivity contribution in [2.75, 3.05) is 0 Å². The number of rotatable bonds is 5. The quantitative estimate of drug-likeness (QED) is 0.769. The van der Waals surface area contributed by atoms with Crippen LogP contribution < -0.4 is 5.32 Å². The van der Waals surface area contributed by atoms with Crippen LogP contribution in [0.1, 0.15) is 16.3 Å². The summed E-state index contributed by atoms with van der Waals surface area (Å²) in [5.41, 5.74) is 3.80. The fourth-order valence-electron chi connectivity index (χ4n) is 2.04. The SMILES string of the molecule is Cc1ncsc1CNCc1ccc(-c2ccc(F)cc2)o1. The zero-order chi connectivity index (χ0) is 14.7. The molecule has 0 saturated carbocycles. The number of thiazole rings is 1. The first-order valence-corrected chi connectivity index (χ1v) is 7.54. The lowest BCUT2D eigenvalue weighted by Crippen LogP contribution is -2.11. The summed E-state index contributed by atoms with van der Waals surface area (Å²) >= 11 is 1.65. The van der Waals surface area contributed by atoms with Crippen molar-refractivity contribution in [2.24, 2.45) is 0 Å². The van der Waals surface area contributed by atoms with Gasteiger partial charge in [0, 0.05) is 17.0 Å². The van der Waals surface area contributed by atoms with E-state index in [9.17, 15) is 4.39 Å². The number of halogens is 1. The Kier molecular flexibility index (Phi) is 4.13. The number of nitrogens with one attached hydrogen (secondary N) is 1. The van der Waals surface area contributed by atoms with E-state index in [1.165, 1.54) is 17.0 Å². The van der Waals surface area contributed by atoms with Crippen LogP contribution >= 0.6 is 11.3 Å². The fraction of sp³-hybridized carbons (Fsp3) is 0.188. The maximum Gasteiger partial charge on any atom is 0.134 e. The Morgan fingerprint density at radius 3 is 2.67 bits per heavy atom. The van der Waals surface area contributed by atoms with Gasteiger partial charge < -0.3 is 9.73 Å². The maximum absolute atomic E-state index is 12.9. The van der Waals surface area contributed by atoms with Crippen LogP contribution in [-0.4, -0.2) is 4.98 Å². The van der Waals surface area contributed by atoms with Gasteiger partial charge in [0.2, 0.25) is 0 Å². The fourth-order valence-corrected chi connectivity index (χ4v) is 2.78. The van der Waals surface area contributed by atoms with Crippen molar-refractivity contribution in [3.8, 4) is 11.3 Å². The molecule has 0 aliphatic rings. The molecule has 0 aliphatic heterocycles. The topological polar surface area (TPSA) is 38.1 Å². The third-order valence-electron chi connectivity index (χ3n) is 3.22. The average Bonchev–Trinajstić information content (AvgIpc) is 3.10. The molecule has 0 fully saturated rings. The van der Waals surface area contributed by atoms with Crippen molar-refractivity contribution in [2.45, 2.75) is 20.0 Å². The molecule has 3 rings (SSSR count). The summed E-state index contributed by atoms with van der Waals surface area (Å²) in [5.74, 6) is 1.37. The van der Waals surface area contributed by atoms with Crippen molar-refractivity contribution in [1.29, 1.82) is 0 Å². The standard InChI is InChI=1S/C16H15FN2OS/c1-11-16(21-10-19-11)9-18-8-14-6-7-15(20-14)12-2-4-13(17)5-3-12/h2-7,10,18H,8-9H2,1H3.